The van der Waals surface area contributed by atoms with Crippen LogP contribution in [-0.2, 0) is 4.79 Å². The summed E-state index contributed by atoms with van der Waals surface area (Å²) < 4.78 is 0. The van der Waals surface area contributed by atoms with Gasteiger partial charge in [0.25, 0.3) is 0 Å². The van der Waals surface area contributed by atoms with Gasteiger partial charge in [0.05, 0.1) is 0 Å². The van der Waals surface area contributed by atoms with Gasteiger partial charge in [-0.3, -0.25) is 0 Å². The fraction of sp³-hybridized carbons (Fsp3) is 0.0952. The molecule has 3 aromatic rings. The number of anilines is 4. The molecule has 2 N–H and O–H groups in total. The van der Waals surface area contributed by atoms with E-state index in [-0.39, 0.29) is 5.78 Å². The van der Waals surface area contributed by atoms with Gasteiger partial charge in [0, 0.05) is 22.7 Å². The molecule has 3 aromatic carbocycles. The van der Waals surface area contributed by atoms with Crippen LogP contribution >= 0.6 is 0 Å². The van der Waals surface area contributed by atoms with Crippen LogP contribution in [0.3, 0.4) is 0 Å². The summed E-state index contributed by atoms with van der Waals surface area (Å²) >= 11 is 0. The van der Waals surface area contributed by atoms with Gasteiger partial charge < -0.3 is 15.4 Å². The first-order valence-corrected chi connectivity index (χ1v) is 7.85. The molecule has 0 atom stereocenters. The van der Waals surface area contributed by atoms with Crippen LogP contribution in [0.1, 0.15) is 13.8 Å². The zero-order chi connectivity index (χ0) is 17.2. The van der Waals surface area contributed by atoms with Crippen LogP contribution in [0, 0.1) is 0 Å². The van der Waals surface area contributed by atoms with Crippen molar-refractivity contribution in [2.75, 3.05) is 10.6 Å². The number of hydrogen-bond donors (Lipinski definition) is 2. The number of benzene rings is 3. The molecule has 3 rings (SSSR count). The minimum atomic E-state index is 0.167. The van der Waals surface area contributed by atoms with Crippen LogP contribution in [-0.4, -0.2) is 5.78 Å². The van der Waals surface area contributed by atoms with E-state index in [4.69, 9.17) is 0 Å². The third-order valence-electron chi connectivity index (χ3n) is 3.01. The lowest BCUT2D eigenvalue weighted by atomic mass is 10.2. The lowest BCUT2D eigenvalue weighted by molar-refractivity contribution is -0.114. The van der Waals surface area contributed by atoms with E-state index in [9.17, 15) is 4.79 Å². The molecular weight excluding hydrogens is 296 g/mol. The zero-order valence-corrected chi connectivity index (χ0v) is 14.0. The Bertz CT molecular complexity index is 673. The first-order chi connectivity index (χ1) is 11.6. The number of hydrogen-bond acceptors (Lipinski definition) is 3. The largest absolute Gasteiger partial charge is 0.356 e. The molecule has 0 unspecified atom stereocenters. The second kappa shape index (κ2) is 9.16. The maximum atomic E-state index is 9.44. The summed E-state index contributed by atoms with van der Waals surface area (Å²) in [6.45, 7) is 3.06. The van der Waals surface area contributed by atoms with E-state index in [1.165, 1.54) is 13.8 Å². The minimum Gasteiger partial charge on any atom is -0.356 e. The second-order valence-electron chi connectivity index (χ2n) is 5.47. The van der Waals surface area contributed by atoms with Crippen molar-refractivity contribution in [3.8, 4) is 0 Å². The van der Waals surface area contributed by atoms with Gasteiger partial charge in [-0.1, -0.05) is 36.4 Å². The van der Waals surface area contributed by atoms with Crippen molar-refractivity contribution in [1.82, 2.24) is 0 Å². The summed E-state index contributed by atoms with van der Waals surface area (Å²) in [6.07, 6.45) is 0. The van der Waals surface area contributed by atoms with E-state index in [1.807, 2.05) is 36.4 Å². The van der Waals surface area contributed by atoms with Gasteiger partial charge in [-0.05, 0) is 62.4 Å². The first kappa shape index (κ1) is 17.3. The van der Waals surface area contributed by atoms with Gasteiger partial charge in [-0.2, -0.15) is 0 Å². The highest BCUT2D eigenvalue weighted by molar-refractivity contribution is 5.72. The molecule has 0 spiro atoms. The fourth-order valence-electron chi connectivity index (χ4n) is 2.01. The summed E-state index contributed by atoms with van der Waals surface area (Å²) in [5, 5.41) is 6.73. The Morgan fingerprint density at radius 2 is 0.792 bits per heavy atom. The number of ketones is 1. The first-order valence-electron chi connectivity index (χ1n) is 7.85. The Morgan fingerprint density at radius 3 is 1.08 bits per heavy atom. The molecule has 0 aliphatic rings. The van der Waals surface area contributed by atoms with Crippen LogP contribution in [0.2, 0.25) is 0 Å². The number of carbonyl (C=O) groups excluding carboxylic acids is 1. The van der Waals surface area contributed by atoms with Crippen molar-refractivity contribution in [2.24, 2.45) is 0 Å². The van der Waals surface area contributed by atoms with Crippen LogP contribution < -0.4 is 10.6 Å². The molecule has 0 fully saturated rings. The Balaban J connectivity index is 0.000000471. The van der Waals surface area contributed by atoms with Crippen molar-refractivity contribution in [3.05, 3.63) is 84.9 Å². The highest BCUT2D eigenvalue weighted by Gasteiger charge is 1.96. The average Bonchev–Trinajstić information content (AvgIpc) is 2.58. The van der Waals surface area contributed by atoms with Gasteiger partial charge in [0.1, 0.15) is 5.78 Å². The monoisotopic (exact) mass is 318 g/mol. The summed E-state index contributed by atoms with van der Waals surface area (Å²) in [7, 11) is 0. The van der Waals surface area contributed by atoms with E-state index in [2.05, 4.69) is 59.2 Å². The van der Waals surface area contributed by atoms with Crippen molar-refractivity contribution < 1.29 is 4.79 Å². The molecule has 0 heterocycles. The lowest BCUT2D eigenvalue weighted by Crippen LogP contribution is -1.92. The van der Waals surface area contributed by atoms with Gasteiger partial charge >= 0.3 is 0 Å². The topological polar surface area (TPSA) is 41.1 Å². The van der Waals surface area contributed by atoms with Crippen LogP contribution in [0.4, 0.5) is 22.7 Å². The zero-order valence-electron chi connectivity index (χ0n) is 14.0. The predicted molar refractivity (Wildman–Crippen MR) is 102 cm³/mol. The van der Waals surface area contributed by atoms with Crippen molar-refractivity contribution in [1.29, 1.82) is 0 Å². The van der Waals surface area contributed by atoms with E-state index < -0.39 is 0 Å². The molecule has 0 aliphatic heterocycles. The molecule has 122 valence electrons. The summed E-state index contributed by atoms with van der Waals surface area (Å²) in [5.74, 6) is 0.167. The van der Waals surface area contributed by atoms with Crippen molar-refractivity contribution in [3.63, 3.8) is 0 Å². The minimum absolute atomic E-state index is 0.167. The van der Waals surface area contributed by atoms with Gasteiger partial charge in [-0.15, -0.1) is 0 Å². The van der Waals surface area contributed by atoms with E-state index in [1.54, 1.807) is 0 Å². The molecule has 0 aromatic heterocycles. The van der Waals surface area contributed by atoms with E-state index >= 15 is 0 Å². The summed E-state index contributed by atoms with van der Waals surface area (Å²) in [6, 6.07) is 28.6. The molecule has 0 saturated carbocycles. The maximum absolute atomic E-state index is 9.44. The van der Waals surface area contributed by atoms with E-state index in [0.717, 1.165) is 22.7 Å². The molecule has 24 heavy (non-hydrogen) atoms. The van der Waals surface area contributed by atoms with Gasteiger partial charge in [-0.25, -0.2) is 0 Å². The molecule has 0 aliphatic carbocycles. The van der Waals surface area contributed by atoms with Crippen LogP contribution in [0.5, 0.6) is 0 Å². The summed E-state index contributed by atoms with van der Waals surface area (Å²) in [5.41, 5.74) is 4.34. The average molecular weight is 318 g/mol. The second-order valence-corrected chi connectivity index (χ2v) is 5.47. The molecule has 3 heteroatoms. The highest BCUT2D eigenvalue weighted by atomic mass is 16.1. The third-order valence-corrected chi connectivity index (χ3v) is 3.01. The Morgan fingerprint density at radius 1 is 0.542 bits per heavy atom. The third kappa shape index (κ3) is 6.36. The number of rotatable bonds is 4. The van der Waals surface area contributed by atoms with Crippen molar-refractivity contribution >= 4 is 28.5 Å². The van der Waals surface area contributed by atoms with Crippen molar-refractivity contribution in [2.45, 2.75) is 13.8 Å². The molecule has 0 amide bonds. The predicted octanol–water partition coefficient (Wildman–Crippen LogP) is 5.77. The number of para-hydroxylation sites is 2. The smallest absolute Gasteiger partial charge is 0.126 e. The molecule has 3 nitrogen and oxygen atoms in total. The maximum Gasteiger partial charge on any atom is 0.126 e. The van der Waals surface area contributed by atoms with Gasteiger partial charge in [0.15, 0.2) is 0 Å². The SMILES string of the molecule is CC(C)=O.c1ccc(Nc2ccc(Nc3ccccc3)cc2)cc1. The molecule has 0 saturated heterocycles. The van der Waals surface area contributed by atoms with E-state index in [0.29, 0.717) is 0 Å². The lowest BCUT2D eigenvalue weighted by Gasteiger charge is -2.09. The molecule has 0 bridgehead atoms. The standard InChI is InChI=1S/C18H16N2.C3H6O/c1-3-7-15(8-4-1)19-17-11-13-18(14-12-17)20-16-9-5-2-6-10-16;1-3(2)4/h1-14,19-20H;1-2H3. The highest BCUT2D eigenvalue weighted by Crippen LogP contribution is 2.21. The Labute approximate surface area is 143 Å². The van der Waals surface area contributed by atoms with Crippen LogP contribution in [0.15, 0.2) is 84.9 Å². The quantitative estimate of drug-likeness (QED) is 0.641. The number of carbonyl (C=O) groups is 1. The number of Topliss-reactive ketones (excluding diaryl/α,β-unsaturated/α-hetero) is 1. The summed E-state index contributed by atoms with van der Waals surface area (Å²) in [4.78, 5) is 9.44. The fourth-order valence-corrected chi connectivity index (χ4v) is 2.01. The molecule has 0 radical (unpaired) electrons. The number of nitrogens with one attached hydrogen (secondary N) is 2. The Hall–Kier alpha value is -3.07. The Kier molecular flexibility index (Phi) is 6.59. The normalized spacial score (nSPS) is 9.42. The van der Waals surface area contributed by atoms with Crippen LogP contribution in [0.25, 0.3) is 0 Å². The molecular formula is C21H22N2O. The van der Waals surface area contributed by atoms with Gasteiger partial charge in [0.2, 0.25) is 0 Å².